The van der Waals surface area contributed by atoms with E-state index in [1.165, 1.54) is 0 Å². The number of amides is 1. The van der Waals surface area contributed by atoms with Crippen LogP contribution < -0.4 is 10.7 Å². The molecule has 1 saturated heterocycles. The van der Waals surface area contributed by atoms with E-state index in [1.807, 2.05) is 0 Å². The molecule has 0 atom stereocenters. The SMILES string of the molecule is O=C1NCCC/C1=N\Nc1cc(Cl)ccc1Cl. The van der Waals surface area contributed by atoms with Crippen LogP contribution in [0.15, 0.2) is 23.3 Å². The third kappa shape index (κ3) is 3.11. The van der Waals surface area contributed by atoms with Gasteiger partial charge in [0.15, 0.2) is 0 Å². The Kier molecular flexibility index (Phi) is 3.86. The lowest BCUT2D eigenvalue weighted by molar-refractivity contribution is -0.115. The van der Waals surface area contributed by atoms with Gasteiger partial charge < -0.3 is 5.32 Å². The van der Waals surface area contributed by atoms with Crippen LogP contribution in [-0.4, -0.2) is 18.2 Å². The summed E-state index contributed by atoms with van der Waals surface area (Å²) in [7, 11) is 0. The number of benzene rings is 1. The predicted molar refractivity (Wildman–Crippen MR) is 69.8 cm³/mol. The molecular weight excluding hydrogens is 261 g/mol. The van der Waals surface area contributed by atoms with Crippen LogP contribution >= 0.6 is 23.2 Å². The second kappa shape index (κ2) is 5.38. The molecule has 0 aliphatic carbocycles. The normalized spacial score (nSPS) is 18.0. The molecule has 6 heteroatoms. The number of hydrogen-bond acceptors (Lipinski definition) is 3. The molecule has 1 aliphatic heterocycles. The van der Waals surface area contributed by atoms with E-state index in [2.05, 4.69) is 15.8 Å². The highest BCUT2D eigenvalue weighted by Gasteiger charge is 2.15. The summed E-state index contributed by atoms with van der Waals surface area (Å²) in [4.78, 5) is 11.4. The van der Waals surface area contributed by atoms with Gasteiger partial charge in [-0.2, -0.15) is 5.10 Å². The molecule has 0 saturated carbocycles. The summed E-state index contributed by atoms with van der Waals surface area (Å²) in [6, 6.07) is 5.03. The van der Waals surface area contributed by atoms with E-state index >= 15 is 0 Å². The molecule has 2 N–H and O–H groups in total. The van der Waals surface area contributed by atoms with Crippen molar-refractivity contribution in [3.05, 3.63) is 28.2 Å². The molecule has 1 aliphatic rings. The first-order valence-electron chi connectivity index (χ1n) is 5.22. The van der Waals surface area contributed by atoms with E-state index in [-0.39, 0.29) is 5.91 Å². The van der Waals surface area contributed by atoms with Crippen molar-refractivity contribution >= 4 is 40.5 Å². The minimum atomic E-state index is -0.137. The number of hydrazone groups is 1. The molecule has 4 nitrogen and oxygen atoms in total. The third-order valence-electron chi connectivity index (χ3n) is 2.38. The summed E-state index contributed by atoms with van der Waals surface area (Å²) in [5.74, 6) is -0.137. The molecule has 17 heavy (non-hydrogen) atoms. The van der Waals surface area contributed by atoms with Crippen LogP contribution in [-0.2, 0) is 4.79 Å². The van der Waals surface area contributed by atoms with E-state index in [1.54, 1.807) is 18.2 Å². The number of rotatable bonds is 2. The first-order chi connectivity index (χ1) is 8.16. The summed E-state index contributed by atoms with van der Waals surface area (Å²) in [5, 5.41) is 7.84. The maximum Gasteiger partial charge on any atom is 0.267 e. The molecule has 0 radical (unpaired) electrons. The summed E-state index contributed by atoms with van der Waals surface area (Å²) < 4.78 is 0. The fourth-order valence-corrected chi connectivity index (χ4v) is 1.82. The van der Waals surface area contributed by atoms with Crippen molar-refractivity contribution in [3.63, 3.8) is 0 Å². The standard InChI is InChI=1S/C11H11Cl2N3O/c12-7-3-4-8(13)10(6-7)16-15-9-2-1-5-14-11(9)17/h3-4,6,16H,1-2,5H2,(H,14,17)/b15-9+. The minimum Gasteiger partial charge on any atom is -0.351 e. The summed E-state index contributed by atoms with van der Waals surface area (Å²) >= 11 is 11.8. The smallest absolute Gasteiger partial charge is 0.267 e. The van der Waals surface area contributed by atoms with Crippen molar-refractivity contribution in [1.82, 2.24) is 5.32 Å². The molecule has 1 aromatic carbocycles. The zero-order chi connectivity index (χ0) is 12.3. The highest BCUT2D eigenvalue weighted by Crippen LogP contribution is 2.25. The molecule has 2 rings (SSSR count). The van der Waals surface area contributed by atoms with Gasteiger partial charge in [-0.25, -0.2) is 0 Å². The second-order valence-electron chi connectivity index (χ2n) is 3.65. The highest BCUT2D eigenvalue weighted by atomic mass is 35.5. The van der Waals surface area contributed by atoms with Gasteiger partial charge in [-0.05, 0) is 31.0 Å². The topological polar surface area (TPSA) is 53.5 Å². The molecule has 0 unspecified atom stereocenters. The third-order valence-corrected chi connectivity index (χ3v) is 2.94. The largest absolute Gasteiger partial charge is 0.351 e. The van der Waals surface area contributed by atoms with Crippen molar-refractivity contribution in [1.29, 1.82) is 0 Å². The van der Waals surface area contributed by atoms with Gasteiger partial charge in [0.25, 0.3) is 5.91 Å². The van der Waals surface area contributed by atoms with Crippen molar-refractivity contribution in [3.8, 4) is 0 Å². The monoisotopic (exact) mass is 271 g/mol. The number of nitrogens with one attached hydrogen (secondary N) is 2. The van der Waals surface area contributed by atoms with Crippen molar-refractivity contribution in [2.45, 2.75) is 12.8 Å². The minimum absolute atomic E-state index is 0.137. The summed E-state index contributed by atoms with van der Waals surface area (Å²) in [6.07, 6.45) is 1.56. The van der Waals surface area contributed by atoms with Gasteiger partial charge in [0.1, 0.15) is 5.71 Å². The Bertz CT molecular complexity index is 474. The molecule has 0 bridgehead atoms. The van der Waals surface area contributed by atoms with Gasteiger partial charge in [-0.3, -0.25) is 10.2 Å². The first-order valence-corrected chi connectivity index (χ1v) is 5.98. The maximum absolute atomic E-state index is 11.4. The van der Waals surface area contributed by atoms with Gasteiger partial charge in [-0.15, -0.1) is 0 Å². The Hall–Kier alpha value is -1.26. The number of nitrogens with zero attached hydrogens (tertiary/aromatic N) is 1. The van der Waals surface area contributed by atoms with Crippen LogP contribution in [0.25, 0.3) is 0 Å². The molecule has 0 aromatic heterocycles. The number of hydrogen-bond donors (Lipinski definition) is 2. The first kappa shape index (κ1) is 12.2. The van der Waals surface area contributed by atoms with Gasteiger partial charge in [0, 0.05) is 11.6 Å². The van der Waals surface area contributed by atoms with E-state index in [0.717, 1.165) is 6.42 Å². The van der Waals surface area contributed by atoms with Crippen LogP contribution in [0.5, 0.6) is 0 Å². The number of halogens is 2. The highest BCUT2D eigenvalue weighted by molar-refractivity contribution is 6.39. The van der Waals surface area contributed by atoms with E-state index in [4.69, 9.17) is 23.2 Å². The Labute approximate surface area is 109 Å². The Morgan fingerprint density at radius 2 is 2.18 bits per heavy atom. The summed E-state index contributed by atoms with van der Waals surface area (Å²) in [5.41, 5.74) is 3.83. The summed E-state index contributed by atoms with van der Waals surface area (Å²) in [6.45, 7) is 0.704. The quantitative estimate of drug-likeness (QED) is 0.813. The number of carbonyl (C=O) groups is 1. The average molecular weight is 272 g/mol. The van der Waals surface area contributed by atoms with Gasteiger partial charge in [0.05, 0.1) is 10.7 Å². The van der Waals surface area contributed by atoms with Crippen LogP contribution in [0, 0.1) is 0 Å². The Morgan fingerprint density at radius 3 is 2.94 bits per heavy atom. The fourth-order valence-electron chi connectivity index (χ4n) is 1.49. The lowest BCUT2D eigenvalue weighted by Gasteiger charge is -2.13. The van der Waals surface area contributed by atoms with Crippen molar-refractivity contribution in [2.75, 3.05) is 12.0 Å². The second-order valence-corrected chi connectivity index (χ2v) is 4.50. The lowest BCUT2D eigenvalue weighted by Crippen LogP contribution is -2.37. The fraction of sp³-hybridized carbons (Fsp3) is 0.273. The van der Waals surface area contributed by atoms with Gasteiger partial charge in [0.2, 0.25) is 0 Å². The zero-order valence-corrected chi connectivity index (χ0v) is 10.5. The molecule has 1 fully saturated rings. The number of anilines is 1. The number of carbonyl (C=O) groups excluding carboxylic acids is 1. The van der Waals surface area contributed by atoms with Crippen LogP contribution in [0.1, 0.15) is 12.8 Å². The lowest BCUT2D eigenvalue weighted by atomic mass is 10.1. The molecule has 1 heterocycles. The Morgan fingerprint density at radius 1 is 1.35 bits per heavy atom. The van der Waals surface area contributed by atoms with Crippen LogP contribution in [0.4, 0.5) is 5.69 Å². The Balaban J connectivity index is 2.13. The molecule has 1 amide bonds. The van der Waals surface area contributed by atoms with Crippen LogP contribution in [0.2, 0.25) is 10.0 Å². The molecule has 90 valence electrons. The van der Waals surface area contributed by atoms with Gasteiger partial charge >= 0.3 is 0 Å². The molecule has 0 spiro atoms. The average Bonchev–Trinajstić information content (AvgIpc) is 2.32. The van der Waals surface area contributed by atoms with Gasteiger partial charge in [-0.1, -0.05) is 23.2 Å². The maximum atomic E-state index is 11.4. The van der Waals surface area contributed by atoms with E-state index in [9.17, 15) is 4.79 Å². The van der Waals surface area contributed by atoms with E-state index in [0.29, 0.717) is 34.4 Å². The number of piperidine rings is 1. The zero-order valence-electron chi connectivity index (χ0n) is 8.96. The van der Waals surface area contributed by atoms with Crippen molar-refractivity contribution < 1.29 is 4.79 Å². The van der Waals surface area contributed by atoms with Crippen molar-refractivity contribution in [2.24, 2.45) is 5.10 Å². The van der Waals surface area contributed by atoms with E-state index < -0.39 is 0 Å². The van der Waals surface area contributed by atoms with Crippen LogP contribution in [0.3, 0.4) is 0 Å². The molecule has 1 aromatic rings. The predicted octanol–water partition coefficient (Wildman–Crippen LogP) is 2.67. The molecular formula is C11H11Cl2N3O.